The summed E-state index contributed by atoms with van der Waals surface area (Å²) >= 11 is 3.36. The van der Waals surface area contributed by atoms with Gasteiger partial charge in [0.15, 0.2) is 0 Å². The molecule has 1 saturated heterocycles. The summed E-state index contributed by atoms with van der Waals surface area (Å²) in [7, 11) is 0. The Labute approximate surface area is 140 Å². The summed E-state index contributed by atoms with van der Waals surface area (Å²) < 4.78 is 0.676. The zero-order valence-corrected chi connectivity index (χ0v) is 13.8. The molecule has 0 aliphatic carbocycles. The molecule has 1 aliphatic rings. The Bertz CT molecular complexity index is 846. The average molecular weight is 379 g/mol. The van der Waals surface area contributed by atoms with Crippen LogP contribution in [0, 0.1) is 0 Å². The van der Waals surface area contributed by atoms with Gasteiger partial charge in [-0.05, 0) is 41.3 Å². The lowest BCUT2D eigenvalue weighted by Crippen LogP contribution is -2.48. The van der Waals surface area contributed by atoms with Gasteiger partial charge in [0.2, 0.25) is 5.56 Å². The summed E-state index contributed by atoms with van der Waals surface area (Å²) in [6.45, 7) is 0.387. The number of benzene rings is 1. The molecule has 2 heterocycles. The molecule has 0 bridgehead atoms. The van der Waals surface area contributed by atoms with Crippen LogP contribution in [0.1, 0.15) is 29.6 Å². The standard InChI is InChI=1S/C16H15BrN2O4/c17-11-5-3-4-9-10(8-13(20)18-14(9)11)15(21)19-7-2-1-6-12(19)16(22)23/h3-5,8,12H,1-2,6-7H2,(H,18,20)(H,22,23). The first kappa shape index (κ1) is 15.7. The molecule has 23 heavy (non-hydrogen) atoms. The van der Waals surface area contributed by atoms with E-state index in [9.17, 15) is 19.5 Å². The van der Waals surface area contributed by atoms with Crippen LogP contribution >= 0.6 is 15.9 Å². The molecule has 0 spiro atoms. The van der Waals surface area contributed by atoms with Crippen molar-refractivity contribution in [2.24, 2.45) is 0 Å². The quantitative estimate of drug-likeness (QED) is 0.838. The molecule has 1 aromatic carbocycles. The largest absolute Gasteiger partial charge is 0.480 e. The zero-order valence-electron chi connectivity index (χ0n) is 12.2. The number of aliphatic carboxylic acids is 1. The average Bonchev–Trinajstić information content (AvgIpc) is 2.54. The summed E-state index contributed by atoms with van der Waals surface area (Å²) in [4.78, 5) is 40.3. The Kier molecular flexibility index (Phi) is 4.21. The fourth-order valence-corrected chi connectivity index (χ4v) is 3.47. The molecule has 7 heteroatoms. The molecular weight excluding hydrogens is 364 g/mol. The summed E-state index contributed by atoms with van der Waals surface area (Å²) in [5, 5.41) is 9.94. The molecule has 0 saturated carbocycles. The molecule has 1 amide bonds. The summed E-state index contributed by atoms with van der Waals surface area (Å²) in [6.07, 6.45) is 1.98. The third kappa shape index (κ3) is 2.88. The molecule has 1 atom stereocenters. The number of carboxylic acid groups (broad SMARTS) is 1. The number of nitrogens with one attached hydrogen (secondary N) is 1. The number of hydrogen-bond acceptors (Lipinski definition) is 3. The van der Waals surface area contributed by atoms with E-state index in [0.717, 1.165) is 12.8 Å². The number of H-pyrrole nitrogens is 1. The van der Waals surface area contributed by atoms with Crippen molar-refractivity contribution in [2.75, 3.05) is 6.54 Å². The van der Waals surface area contributed by atoms with Crippen LogP contribution in [-0.4, -0.2) is 39.5 Å². The number of carbonyl (C=O) groups excluding carboxylic acids is 1. The van der Waals surface area contributed by atoms with E-state index in [1.807, 2.05) is 0 Å². The molecule has 2 aromatic rings. The second-order valence-corrected chi connectivity index (χ2v) is 6.41. The van der Waals surface area contributed by atoms with Gasteiger partial charge in [-0.1, -0.05) is 12.1 Å². The lowest BCUT2D eigenvalue weighted by atomic mass is 10.00. The van der Waals surface area contributed by atoms with Gasteiger partial charge in [0.05, 0.1) is 11.1 Å². The third-order valence-electron chi connectivity index (χ3n) is 4.11. The molecule has 1 unspecified atom stereocenters. The van der Waals surface area contributed by atoms with Gasteiger partial charge in [-0.15, -0.1) is 0 Å². The maximum absolute atomic E-state index is 12.9. The number of aromatic amines is 1. The van der Waals surface area contributed by atoms with Crippen molar-refractivity contribution in [1.82, 2.24) is 9.88 Å². The summed E-state index contributed by atoms with van der Waals surface area (Å²) in [5.41, 5.74) is 0.377. The van der Waals surface area contributed by atoms with Gasteiger partial charge >= 0.3 is 5.97 Å². The predicted octanol–water partition coefficient (Wildman–Crippen LogP) is 2.37. The number of amides is 1. The number of halogens is 1. The Morgan fingerprint density at radius 1 is 1.30 bits per heavy atom. The van der Waals surface area contributed by atoms with E-state index in [-0.39, 0.29) is 5.56 Å². The van der Waals surface area contributed by atoms with E-state index >= 15 is 0 Å². The first-order valence-electron chi connectivity index (χ1n) is 7.34. The van der Waals surface area contributed by atoms with E-state index in [1.165, 1.54) is 11.0 Å². The number of nitrogens with zero attached hydrogens (tertiary/aromatic N) is 1. The monoisotopic (exact) mass is 378 g/mol. The highest BCUT2D eigenvalue weighted by Gasteiger charge is 2.33. The first-order valence-corrected chi connectivity index (χ1v) is 8.13. The number of likely N-dealkylation sites (tertiary alicyclic amines) is 1. The molecule has 0 radical (unpaired) electrons. The highest BCUT2D eigenvalue weighted by molar-refractivity contribution is 9.10. The smallest absolute Gasteiger partial charge is 0.326 e. The van der Waals surface area contributed by atoms with Crippen LogP contribution in [0.25, 0.3) is 10.9 Å². The van der Waals surface area contributed by atoms with Gasteiger partial charge in [0, 0.05) is 22.5 Å². The van der Waals surface area contributed by atoms with E-state index < -0.39 is 23.5 Å². The number of carboxylic acids is 1. The van der Waals surface area contributed by atoms with Crippen LogP contribution in [0.5, 0.6) is 0 Å². The maximum Gasteiger partial charge on any atom is 0.326 e. The van der Waals surface area contributed by atoms with Crippen molar-refractivity contribution < 1.29 is 14.7 Å². The minimum Gasteiger partial charge on any atom is -0.480 e. The van der Waals surface area contributed by atoms with Gasteiger partial charge in [-0.25, -0.2) is 4.79 Å². The number of rotatable bonds is 2. The van der Waals surface area contributed by atoms with Gasteiger partial charge < -0.3 is 15.0 Å². The number of hydrogen-bond donors (Lipinski definition) is 2. The van der Waals surface area contributed by atoms with Crippen LogP contribution in [0.15, 0.2) is 33.5 Å². The van der Waals surface area contributed by atoms with Crippen molar-refractivity contribution in [2.45, 2.75) is 25.3 Å². The molecule has 3 rings (SSSR count). The Hall–Kier alpha value is -2.15. The van der Waals surface area contributed by atoms with Gasteiger partial charge in [0.25, 0.3) is 5.91 Å². The van der Waals surface area contributed by atoms with Crippen LogP contribution in [-0.2, 0) is 4.79 Å². The second-order valence-electron chi connectivity index (χ2n) is 5.56. The zero-order chi connectivity index (χ0) is 16.6. The predicted molar refractivity (Wildman–Crippen MR) is 88.6 cm³/mol. The van der Waals surface area contributed by atoms with E-state index in [0.29, 0.717) is 28.3 Å². The molecule has 1 aliphatic heterocycles. The second kappa shape index (κ2) is 6.16. The van der Waals surface area contributed by atoms with Crippen LogP contribution in [0.3, 0.4) is 0 Å². The Morgan fingerprint density at radius 2 is 2.09 bits per heavy atom. The van der Waals surface area contributed by atoms with Crippen LogP contribution < -0.4 is 5.56 Å². The highest BCUT2D eigenvalue weighted by atomic mass is 79.9. The molecular formula is C16H15BrN2O4. The van der Waals surface area contributed by atoms with Crippen molar-refractivity contribution in [3.63, 3.8) is 0 Å². The number of aromatic nitrogens is 1. The molecule has 1 fully saturated rings. The van der Waals surface area contributed by atoms with Crippen molar-refractivity contribution in [3.8, 4) is 0 Å². The fourth-order valence-electron chi connectivity index (χ4n) is 3.01. The number of carbonyl (C=O) groups is 2. The van der Waals surface area contributed by atoms with Crippen LogP contribution in [0.2, 0.25) is 0 Å². The third-order valence-corrected chi connectivity index (χ3v) is 4.77. The molecule has 1 aromatic heterocycles. The Balaban J connectivity index is 2.12. The van der Waals surface area contributed by atoms with Gasteiger partial charge in [-0.2, -0.15) is 0 Å². The normalized spacial score (nSPS) is 18.1. The maximum atomic E-state index is 12.9. The van der Waals surface area contributed by atoms with Gasteiger partial charge in [-0.3, -0.25) is 9.59 Å². The highest BCUT2D eigenvalue weighted by Crippen LogP contribution is 2.26. The van der Waals surface area contributed by atoms with Crippen molar-refractivity contribution in [3.05, 3.63) is 44.7 Å². The minimum atomic E-state index is -1.01. The van der Waals surface area contributed by atoms with E-state index in [1.54, 1.807) is 18.2 Å². The Morgan fingerprint density at radius 3 is 2.83 bits per heavy atom. The molecule has 6 nitrogen and oxygen atoms in total. The van der Waals surface area contributed by atoms with Crippen molar-refractivity contribution in [1.29, 1.82) is 0 Å². The number of para-hydroxylation sites is 1. The molecule has 120 valence electrons. The number of fused-ring (bicyclic) bond motifs is 1. The van der Waals surface area contributed by atoms with E-state index in [4.69, 9.17) is 0 Å². The fraction of sp³-hybridized carbons (Fsp3) is 0.312. The number of piperidine rings is 1. The minimum absolute atomic E-state index is 0.234. The summed E-state index contributed by atoms with van der Waals surface area (Å²) in [5.74, 6) is -1.42. The van der Waals surface area contributed by atoms with Crippen molar-refractivity contribution >= 4 is 38.7 Å². The molecule has 2 N–H and O–H groups in total. The lowest BCUT2D eigenvalue weighted by Gasteiger charge is -2.33. The van der Waals surface area contributed by atoms with E-state index in [2.05, 4.69) is 20.9 Å². The summed E-state index contributed by atoms with van der Waals surface area (Å²) in [6, 6.07) is 5.69. The first-order chi connectivity index (χ1) is 11.0. The SMILES string of the molecule is O=C(O)C1CCCCN1C(=O)c1cc(=O)[nH]c2c(Br)cccc12. The number of pyridine rings is 1. The topological polar surface area (TPSA) is 90.5 Å². The van der Waals surface area contributed by atoms with Crippen LogP contribution in [0.4, 0.5) is 0 Å². The lowest BCUT2D eigenvalue weighted by molar-refractivity contribution is -0.143. The van der Waals surface area contributed by atoms with Gasteiger partial charge in [0.1, 0.15) is 6.04 Å².